The molecular weight excluding hydrogens is 1090 g/mol. The van der Waals surface area contributed by atoms with Gasteiger partial charge in [-0.3, -0.25) is 14.2 Å². The molecule has 82 heavy (non-hydrogen) atoms. The number of aliphatic carboxylic acids is 2. The van der Waals surface area contributed by atoms with E-state index in [4.69, 9.17) is 0 Å². The maximum absolute atomic E-state index is 13.9. The van der Waals surface area contributed by atoms with Crippen molar-refractivity contribution in [3.8, 4) is 36.0 Å². The second kappa shape index (κ2) is 27.5. The molecule has 422 valence electrons. The van der Waals surface area contributed by atoms with E-state index in [2.05, 4.69) is 153 Å². The highest BCUT2D eigenvalue weighted by atomic mass is 32.1. The van der Waals surface area contributed by atoms with E-state index in [-0.39, 0.29) is 9.20 Å². The van der Waals surface area contributed by atoms with E-state index in [0.29, 0.717) is 12.0 Å². The summed E-state index contributed by atoms with van der Waals surface area (Å²) in [6, 6.07) is 47.2. The first-order valence-corrected chi connectivity index (χ1v) is 32.9. The van der Waals surface area contributed by atoms with Gasteiger partial charge in [0, 0.05) is 52.6 Å². The number of carboxylic acids is 2. The van der Waals surface area contributed by atoms with Gasteiger partial charge in [0.25, 0.3) is 5.56 Å². The molecule has 8 nitrogen and oxygen atoms in total. The van der Waals surface area contributed by atoms with Gasteiger partial charge in [0.05, 0.1) is 4.53 Å². The molecule has 2 N–H and O–H groups in total. The smallest absolute Gasteiger partial charge is 0.349 e. The maximum atomic E-state index is 13.9. The van der Waals surface area contributed by atoms with Crippen molar-refractivity contribution in [3.63, 3.8) is 0 Å². The second-order valence-corrected chi connectivity index (χ2v) is 26.2. The summed E-state index contributed by atoms with van der Waals surface area (Å²) in [5.74, 6) is -2.31. The van der Waals surface area contributed by atoms with Crippen molar-refractivity contribution < 1.29 is 19.8 Å². The number of nitrogens with zero attached hydrogens (tertiary/aromatic N) is 3. The Morgan fingerprint density at radius 1 is 0.646 bits per heavy atom. The molecule has 2 atom stereocenters. The van der Waals surface area contributed by atoms with E-state index in [1.54, 1.807) is 23.5 Å². The van der Waals surface area contributed by atoms with Crippen LogP contribution in [0.5, 0.6) is 0 Å². The molecule has 1 fully saturated rings. The summed E-state index contributed by atoms with van der Waals surface area (Å²) < 4.78 is 0.956. The van der Waals surface area contributed by atoms with Gasteiger partial charge in [-0.15, -0.1) is 45.3 Å². The van der Waals surface area contributed by atoms with Crippen LogP contribution >= 0.6 is 45.3 Å². The highest BCUT2D eigenvalue weighted by Gasteiger charge is 2.42. The van der Waals surface area contributed by atoms with Crippen LogP contribution in [0.2, 0.25) is 0 Å². The highest BCUT2D eigenvalue weighted by Crippen LogP contribution is 2.54. The summed E-state index contributed by atoms with van der Waals surface area (Å²) >= 11 is 6.33. The van der Waals surface area contributed by atoms with Gasteiger partial charge in [-0.1, -0.05) is 164 Å². The number of thiophene rings is 3. The lowest BCUT2D eigenvalue weighted by atomic mass is 9.95. The quantitative estimate of drug-likeness (QED) is 0.0409. The Morgan fingerprint density at radius 3 is 1.80 bits per heavy atom. The molecular formula is C70H73N3O5S4. The van der Waals surface area contributed by atoms with E-state index in [9.17, 15) is 29.9 Å². The Labute approximate surface area is 498 Å². The lowest BCUT2D eigenvalue weighted by molar-refractivity contribution is -0.138. The molecule has 0 radical (unpaired) electrons. The third-order valence-corrected chi connectivity index (χ3v) is 21.3. The van der Waals surface area contributed by atoms with E-state index in [1.807, 2.05) is 22.7 Å². The average molecular weight is 1160 g/mol. The van der Waals surface area contributed by atoms with Gasteiger partial charge in [0.2, 0.25) is 0 Å². The van der Waals surface area contributed by atoms with E-state index in [0.717, 1.165) is 102 Å². The Balaban J connectivity index is 1.02. The molecule has 10 rings (SSSR count). The van der Waals surface area contributed by atoms with Crippen LogP contribution in [0.4, 0.5) is 11.4 Å². The van der Waals surface area contributed by atoms with Gasteiger partial charge < -0.3 is 15.1 Å². The number of fused-ring (bicyclic) bond motifs is 3. The summed E-state index contributed by atoms with van der Waals surface area (Å²) in [5, 5.41) is 29.4. The van der Waals surface area contributed by atoms with Crippen LogP contribution in [0.15, 0.2) is 126 Å². The molecule has 4 aromatic carbocycles. The SMILES string of the molecule is CCCCCCc1cc(-c2sc(-c3sc(-c4ccc5c(c4)C4CCCC4N5c4ccc(C=C(c5ccccc5)c5ccccc5)cc4)cc3CCCCCC)cc2CCCCCC)sc1/C=c1/s/c(=C(\C#N)C(=O)O)n(CC(=O)O)c1=O. The fourth-order valence-corrected chi connectivity index (χ4v) is 17.1. The summed E-state index contributed by atoms with van der Waals surface area (Å²) in [6.07, 6.45) is 24.1. The van der Waals surface area contributed by atoms with Crippen molar-refractivity contribution in [1.82, 2.24) is 4.57 Å². The molecule has 2 aliphatic rings. The van der Waals surface area contributed by atoms with Crippen LogP contribution < -0.4 is 19.7 Å². The Morgan fingerprint density at radius 2 is 1.22 bits per heavy atom. The number of carboxylic acid groups (broad SMARTS) is 2. The zero-order valence-corrected chi connectivity index (χ0v) is 50.7. The van der Waals surface area contributed by atoms with Gasteiger partial charge in [0.15, 0.2) is 5.57 Å². The number of thiazole rings is 1. The Bertz CT molecular complexity index is 3750. The van der Waals surface area contributed by atoms with Crippen LogP contribution in [0.1, 0.15) is 167 Å². The number of aromatic nitrogens is 1. The number of aryl methyl sites for hydroxylation is 3. The number of unbranched alkanes of at least 4 members (excludes halogenated alkanes) is 9. The number of anilines is 2. The van der Waals surface area contributed by atoms with E-state index in [1.165, 1.54) is 120 Å². The molecule has 1 aliphatic carbocycles. The Kier molecular flexibility index (Phi) is 19.5. The van der Waals surface area contributed by atoms with Gasteiger partial charge in [-0.05, 0) is 156 Å². The van der Waals surface area contributed by atoms with Gasteiger partial charge in [0.1, 0.15) is 17.3 Å². The molecule has 8 aromatic rings. The van der Waals surface area contributed by atoms with Gasteiger partial charge >= 0.3 is 11.9 Å². The monoisotopic (exact) mass is 1160 g/mol. The summed E-state index contributed by atoms with van der Waals surface area (Å²) in [6.45, 7) is 5.98. The predicted octanol–water partition coefficient (Wildman–Crippen LogP) is 17.5. The van der Waals surface area contributed by atoms with Crippen LogP contribution in [0.3, 0.4) is 0 Å². The van der Waals surface area contributed by atoms with Crippen LogP contribution in [0, 0.1) is 11.3 Å². The number of rotatable bonds is 26. The second-order valence-electron chi connectivity index (χ2n) is 22.0. The number of hydrogen-bond donors (Lipinski definition) is 2. The topological polar surface area (TPSA) is 124 Å². The average Bonchev–Trinajstić information content (AvgIpc) is 4.56. The molecule has 0 spiro atoms. The fraction of sp³-hybridized carbons (Fsp3) is 0.343. The molecule has 12 heteroatoms. The van der Waals surface area contributed by atoms with Crippen molar-refractivity contribution >= 4 is 92.0 Å². The minimum absolute atomic E-state index is 0.162. The first kappa shape index (κ1) is 58.3. The first-order chi connectivity index (χ1) is 40.1. The van der Waals surface area contributed by atoms with Crippen molar-refractivity contribution in [1.29, 1.82) is 5.26 Å². The fourth-order valence-electron chi connectivity index (χ4n) is 12.1. The minimum Gasteiger partial charge on any atom is -0.480 e. The van der Waals surface area contributed by atoms with E-state index < -0.39 is 29.6 Å². The third kappa shape index (κ3) is 13.1. The first-order valence-electron chi connectivity index (χ1n) is 29.6. The van der Waals surface area contributed by atoms with Crippen LogP contribution in [-0.4, -0.2) is 32.8 Å². The zero-order valence-electron chi connectivity index (χ0n) is 47.4. The van der Waals surface area contributed by atoms with Crippen molar-refractivity contribution in [3.05, 3.63) is 185 Å². The molecule has 1 aliphatic heterocycles. The molecule has 0 saturated heterocycles. The number of carbonyl (C=O) groups is 2. The van der Waals surface area contributed by atoms with Crippen LogP contribution in [-0.2, 0) is 35.4 Å². The number of nitriles is 1. The van der Waals surface area contributed by atoms with Crippen LogP contribution in [0.25, 0.3) is 53.2 Å². The number of hydrogen-bond acceptors (Lipinski definition) is 9. The van der Waals surface area contributed by atoms with Crippen molar-refractivity contribution in [2.45, 2.75) is 155 Å². The van der Waals surface area contributed by atoms with Crippen molar-refractivity contribution in [2.24, 2.45) is 0 Å². The molecule has 0 amide bonds. The summed E-state index contributed by atoms with van der Waals surface area (Å²) in [4.78, 5) is 47.9. The Hall–Kier alpha value is -6.88. The normalized spacial score (nSPS) is 15.1. The van der Waals surface area contributed by atoms with Gasteiger partial charge in [-0.2, -0.15) is 5.26 Å². The van der Waals surface area contributed by atoms with Gasteiger partial charge in [-0.25, -0.2) is 4.79 Å². The maximum Gasteiger partial charge on any atom is 0.349 e. The highest BCUT2D eigenvalue weighted by molar-refractivity contribution is 7.27. The molecule has 0 bridgehead atoms. The molecule has 2 unspecified atom stereocenters. The zero-order chi connectivity index (χ0) is 57.1. The third-order valence-electron chi connectivity index (χ3n) is 16.2. The minimum atomic E-state index is -1.50. The predicted molar refractivity (Wildman–Crippen MR) is 344 cm³/mol. The number of benzene rings is 4. The largest absolute Gasteiger partial charge is 0.480 e. The lowest BCUT2D eigenvalue weighted by Gasteiger charge is -2.27. The lowest BCUT2D eigenvalue weighted by Crippen LogP contribution is -2.35. The summed E-state index contributed by atoms with van der Waals surface area (Å²) in [7, 11) is 0. The van der Waals surface area contributed by atoms with Crippen molar-refractivity contribution in [2.75, 3.05) is 4.90 Å². The van der Waals surface area contributed by atoms with E-state index >= 15 is 0 Å². The molecule has 1 saturated carbocycles. The summed E-state index contributed by atoms with van der Waals surface area (Å²) in [5.41, 5.74) is 12.7. The standard InChI is InChI=1S/C70H73N3O5S4/c1-4-7-10-15-27-49-40-62(79-61(49)43-64-68(76)72(45-65(74)75)69(82-64)57(44-71)70(77)78)66-52(29-17-12-9-6-3)42-63(81-66)67-51(28-16-11-8-5-2)41-60(80-67)50-34-37-59-56(39-50)54-30-22-31-58(54)73(59)53-35-32-46(33-36-53)38-55(47-23-18-13-19-24-47)48-25-20-14-21-26-48/h13-14,18-21,23-26,32-43,54,58H,4-12,15-17,22,27-31,45H2,1-3H3,(H,74,75)(H,77,78)/b64-43+,69-57+. The molecule has 4 aromatic heterocycles. The molecule has 5 heterocycles.